The lowest BCUT2D eigenvalue weighted by molar-refractivity contribution is 0.0951. The van der Waals surface area contributed by atoms with Crippen molar-refractivity contribution in [1.82, 2.24) is 29.8 Å². The molecule has 0 aliphatic heterocycles. The third-order valence-electron chi connectivity index (χ3n) is 3.68. The van der Waals surface area contributed by atoms with Crippen LogP contribution in [0.3, 0.4) is 0 Å². The number of nitrogens with one attached hydrogen (secondary N) is 1. The fourth-order valence-corrected chi connectivity index (χ4v) is 2.99. The summed E-state index contributed by atoms with van der Waals surface area (Å²) in [6, 6.07) is 7.53. The smallest absolute Gasteiger partial charge is 0.253 e. The standard InChI is InChI=1S/C17H14N6OS/c24-17(21-8-14-7-18-11-25-14)12-5-15-16(20-6-12)23(10-22-15)9-13-3-1-2-4-19-13/h1-7,10-11H,8-9H2,(H,21,24). The molecule has 0 saturated heterocycles. The Morgan fingerprint density at radius 3 is 2.96 bits per heavy atom. The highest BCUT2D eigenvalue weighted by atomic mass is 32.1. The van der Waals surface area contributed by atoms with Gasteiger partial charge in [0.1, 0.15) is 5.52 Å². The third kappa shape index (κ3) is 3.38. The van der Waals surface area contributed by atoms with Gasteiger partial charge in [-0.15, -0.1) is 11.3 Å². The van der Waals surface area contributed by atoms with E-state index < -0.39 is 0 Å². The largest absolute Gasteiger partial charge is 0.347 e. The minimum atomic E-state index is -0.179. The van der Waals surface area contributed by atoms with E-state index in [0.717, 1.165) is 16.2 Å². The number of carbonyl (C=O) groups excluding carboxylic acids is 1. The lowest BCUT2D eigenvalue weighted by Crippen LogP contribution is -2.22. The Kier molecular flexibility index (Phi) is 4.17. The lowest BCUT2D eigenvalue weighted by Gasteiger charge is -2.05. The number of hydrogen-bond acceptors (Lipinski definition) is 6. The van der Waals surface area contributed by atoms with Gasteiger partial charge in [-0.1, -0.05) is 6.07 Å². The summed E-state index contributed by atoms with van der Waals surface area (Å²) in [6.07, 6.45) is 6.78. The molecule has 4 heterocycles. The van der Waals surface area contributed by atoms with Gasteiger partial charge in [-0.25, -0.2) is 9.97 Å². The molecular weight excluding hydrogens is 336 g/mol. The van der Waals surface area contributed by atoms with Crippen LogP contribution in [0.2, 0.25) is 0 Å². The molecule has 1 N–H and O–H groups in total. The highest BCUT2D eigenvalue weighted by Crippen LogP contribution is 2.14. The molecule has 0 bridgehead atoms. The summed E-state index contributed by atoms with van der Waals surface area (Å²) in [6.45, 7) is 1.04. The molecule has 1 amide bonds. The molecule has 0 aliphatic carbocycles. The van der Waals surface area contributed by atoms with Crippen molar-refractivity contribution in [2.24, 2.45) is 0 Å². The molecule has 0 spiro atoms. The van der Waals surface area contributed by atoms with Crippen molar-refractivity contribution in [3.63, 3.8) is 0 Å². The van der Waals surface area contributed by atoms with Crippen LogP contribution >= 0.6 is 11.3 Å². The van der Waals surface area contributed by atoms with Gasteiger partial charge < -0.3 is 9.88 Å². The number of aromatic nitrogens is 5. The van der Waals surface area contributed by atoms with Gasteiger partial charge in [0, 0.05) is 23.5 Å². The second-order valence-electron chi connectivity index (χ2n) is 5.41. The van der Waals surface area contributed by atoms with E-state index >= 15 is 0 Å². The van der Waals surface area contributed by atoms with E-state index in [1.54, 1.807) is 36.5 Å². The van der Waals surface area contributed by atoms with E-state index in [2.05, 4.69) is 25.3 Å². The normalized spacial score (nSPS) is 10.9. The monoisotopic (exact) mass is 350 g/mol. The van der Waals surface area contributed by atoms with Crippen molar-refractivity contribution < 1.29 is 4.79 Å². The first-order valence-electron chi connectivity index (χ1n) is 7.66. The quantitative estimate of drug-likeness (QED) is 0.597. The molecule has 4 aromatic heterocycles. The average molecular weight is 350 g/mol. The van der Waals surface area contributed by atoms with Crippen LogP contribution < -0.4 is 5.32 Å². The Hall–Kier alpha value is -3.13. The predicted molar refractivity (Wildman–Crippen MR) is 94.2 cm³/mol. The Balaban J connectivity index is 1.52. The molecule has 0 radical (unpaired) electrons. The van der Waals surface area contributed by atoms with Crippen LogP contribution in [0.1, 0.15) is 20.9 Å². The van der Waals surface area contributed by atoms with Gasteiger partial charge in [0.15, 0.2) is 5.65 Å². The summed E-state index contributed by atoms with van der Waals surface area (Å²) in [5.41, 5.74) is 4.56. The van der Waals surface area contributed by atoms with Crippen LogP contribution in [0.15, 0.2) is 54.7 Å². The van der Waals surface area contributed by atoms with Crippen molar-refractivity contribution in [2.75, 3.05) is 0 Å². The first-order chi connectivity index (χ1) is 12.3. The fourth-order valence-electron chi connectivity index (χ4n) is 2.45. The predicted octanol–water partition coefficient (Wildman–Crippen LogP) is 2.26. The van der Waals surface area contributed by atoms with Gasteiger partial charge in [0.05, 0.1) is 36.2 Å². The molecule has 25 heavy (non-hydrogen) atoms. The van der Waals surface area contributed by atoms with E-state index in [-0.39, 0.29) is 5.91 Å². The molecular formula is C17H14N6OS. The van der Waals surface area contributed by atoms with Gasteiger partial charge in [0.2, 0.25) is 0 Å². The average Bonchev–Trinajstić information content (AvgIpc) is 3.30. The summed E-state index contributed by atoms with van der Waals surface area (Å²) in [4.78, 5) is 30.3. The summed E-state index contributed by atoms with van der Waals surface area (Å²) in [5, 5.41) is 2.86. The molecule has 0 saturated carbocycles. The highest BCUT2D eigenvalue weighted by molar-refractivity contribution is 7.09. The van der Waals surface area contributed by atoms with Gasteiger partial charge in [-0.05, 0) is 18.2 Å². The van der Waals surface area contributed by atoms with E-state index in [1.807, 2.05) is 22.8 Å². The SMILES string of the molecule is O=C(NCc1cncs1)c1cnc2c(c1)ncn2Cc1ccccn1. The zero-order valence-corrected chi connectivity index (χ0v) is 14.0. The number of thiazole rings is 1. The van der Waals surface area contributed by atoms with Crippen LogP contribution in [0.5, 0.6) is 0 Å². The first kappa shape index (κ1) is 15.4. The van der Waals surface area contributed by atoms with Crippen LogP contribution in [0, 0.1) is 0 Å². The molecule has 0 fully saturated rings. The number of hydrogen-bond donors (Lipinski definition) is 1. The topological polar surface area (TPSA) is 85.6 Å². The number of imidazole rings is 1. The Morgan fingerprint density at radius 1 is 1.20 bits per heavy atom. The molecule has 4 rings (SSSR count). The van der Waals surface area contributed by atoms with Crippen molar-refractivity contribution in [3.05, 3.63) is 70.8 Å². The number of amides is 1. The number of nitrogens with zero attached hydrogens (tertiary/aromatic N) is 5. The molecule has 0 atom stereocenters. The molecule has 4 aromatic rings. The van der Waals surface area contributed by atoms with E-state index in [4.69, 9.17) is 0 Å². The lowest BCUT2D eigenvalue weighted by atomic mass is 10.2. The molecule has 8 heteroatoms. The van der Waals surface area contributed by atoms with Crippen LogP contribution in [0.4, 0.5) is 0 Å². The fraction of sp³-hybridized carbons (Fsp3) is 0.118. The number of rotatable bonds is 5. The van der Waals surface area contributed by atoms with E-state index in [0.29, 0.717) is 24.2 Å². The molecule has 0 aliphatic rings. The Morgan fingerprint density at radius 2 is 2.16 bits per heavy atom. The van der Waals surface area contributed by atoms with Crippen LogP contribution in [-0.4, -0.2) is 30.4 Å². The summed E-state index contributed by atoms with van der Waals surface area (Å²) in [7, 11) is 0. The van der Waals surface area contributed by atoms with Crippen LogP contribution in [0.25, 0.3) is 11.2 Å². The zero-order chi connectivity index (χ0) is 17.1. The Bertz CT molecular complexity index is 997. The third-order valence-corrected chi connectivity index (χ3v) is 4.46. The molecule has 124 valence electrons. The van der Waals surface area contributed by atoms with Gasteiger partial charge in [-0.3, -0.25) is 14.8 Å². The number of pyridine rings is 2. The van der Waals surface area contributed by atoms with Gasteiger partial charge in [-0.2, -0.15) is 0 Å². The van der Waals surface area contributed by atoms with Crippen molar-refractivity contribution in [3.8, 4) is 0 Å². The highest BCUT2D eigenvalue weighted by Gasteiger charge is 2.11. The molecule has 0 unspecified atom stereocenters. The number of carbonyl (C=O) groups is 1. The summed E-state index contributed by atoms with van der Waals surface area (Å²) < 4.78 is 1.91. The van der Waals surface area contributed by atoms with Crippen molar-refractivity contribution in [1.29, 1.82) is 0 Å². The van der Waals surface area contributed by atoms with E-state index in [1.165, 1.54) is 11.3 Å². The second kappa shape index (κ2) is 6.78. The Labute approximate surface area is 147 Å². The van der Waals surface area contributed by atoms with Gasteiger partial charge >= 0.3 is 0 Å². The van der Waals surface area contributed by atoms with E-state index in [9.17, 15) is 4.79 Å². The zero-order valence-electron chi connectivity index (χ0n) is 13.2. The van der Waals surface area contributed by atoms with Gasteiger partial charge in [0.25, 0.3) is 5.91 Å². The molecule has 0 aromatic carbocycles. The maximum atomic E-state index is 12.3. The van der Waals surface area contributed by atoms with Crippen LogP contribution in [-0.2, 0) is 13.1 Å². The second-order valence-corrected chi connectivity index (χ2v) is 6.38. The first-order valence-corrected chi connectivity index (χ1v) is 8.54. The number of fused-ring (bicyclic) bond motifs is 1. The minimum absolute atomic E-state index is 0.179. The summed E-state index contributed by atoms with van der Waals surface area (Å²) in [5.74, 6) is -0.179. The molecule has 7 nitrogen and oxygen atoms in total. The minimum Gasteiger partial charge on any atom is -0.347 e. The van der Waals surface area contributed by atoms with Crippen molar-refractivity contribution >= 4 is 28.4 Å². The maximum absolute atomic E-state index is 12.3. The maximum Gasteiger partial charge on any atom is 0.253 e. The summed E-state index contributed by atoms with van der Waals surface area (Å²) >= 11 is 1.50. The van der Waals surface area contributed by atoms with Crippen molar-refractivity contribution in [2.45, 2.75) is 13.1 Å².